The van der Waals surface area contributed by atoms with E-state index in [9.17, 15) is 0 Å². The van der Waals surface area contributed by atoms with E-state index in [0.29, 0.717) is 12.1 Å². The minimum Gasteiger partial charge on any atom is -0.383 e. The van der Waals surface area contributed by atoms with Gasteiger partial charge in [0.15, 0.2) is 0 Å². The number of hydrogen-bond acceptors (Lipinski definition) is 3. The van der Waals surface area contributed by atoms with Crippen LogP contribution in [0.15, 0.2) is 30.3 Å². The Morgan fingerprint density at radius 3 is 2.71 bits per heavy atom. The van der Waals surface area contributed by atoms with E-state index >= 15 is 0 Å². The molecule has 1 saturated heterocycles. The largest absolute Gasteiger partial charge is 0.383 e. The molecule has 2 rings (SSSR count). The number of rotatable bonds is 6. The topological polar surface area (TPSA) is 24.5 Å². The fraction of sp³-hybridized carbons (Fsp3) is 0.667. The molecule has 1 aliphatic heterocycles. The van der Waals surface area contributed by atoms with E-state index in [1.54, 1.807) is 7.11 Å². The van der Waals surface area contributed by atoms with Crippen molar-refractivity contribution in [1.29, 1.82) is 0 Å². The molecular weight excluding hydrogens is 260 g/mol. The van der Waals surface area contributed by atoms with E-state index < -0.39 is 0 Å². The first-order valence-electron chi connectivity index (χ1n) is 8.16. The van der Waals surface area contributed by atoms with Gasteiger partial charge >= 0.3 is 0 Å². The third kappa shape index (κ3) is 3.85. The first-order valence-corrected chi connectivity index (χ1v) is 8.16. The van der Waals surface area contributed by atoms with E-state index in [4.69, 9.17) is 4.74 Å². The average molecular weight is 290 g/mol. The number of benzene rings is 1. The van der Waals surface area contributed by atoms with Gasteiger partial charge in [0, 0.05) is 32.3 Å². The molecule has 0 radical (unpaired) electrons. The van der Waals surface area contributed by atoms with Gasteiger partial charge in [-0.25, -0.2) is 0 Å². The summed E-state index contributed by atoms with van der Waals surface area (Å²) in [5, 5.41) is 3.79. The second-order valence-corrected chi connectivity index (χ2v) is 6.50. The molecular formula is C18H30N2O. The van der Waals surface area contributed by atoms with Crippen molar-refractivity contribution >= 4 is 0 Å². The molecule has 3 heteroatoms. The highest BCUT2D eigenvalue weighted by Crippen LogP contribution is 2.29. The van der Waals surface area contributed by atoms with Gasteiger partial charge in [0.25, 0.3) is 0 Å². The second kappa shape index (κ2) is 7.39. The van der Waals surface area contributed by atoms with Crippen molar-refractivity contribution in [1.82, 2.24) is 10.2 Å². The van der Waals surface area contributed by atoms with E-state index in [-0.39, 0.29) is 5.54 Å². The second-order valence-electron chi connectivity index (χ2n) is 6.50. The van der Waals surface area contributed by atoms with Crippen LogP contribution in [0.1, 0.15) is 39.2 Å². The lowest BCUT2D eigenvalue weighted by molar-refractivity contribution is 0.0147. The van der Waals surface area contributed by atoms with Crippen molar-refractivity contribution < 1.29 is 4.74 Å². The quantitative estimate of drug-likeness (QED) is 0.871. The summed E-state index contributed by atoms with van der Waals surface area (Å²) in [6, 6.07) is 11.9. The summed E-state index contributed by atoms with van der Waals surface area (Å²) in [5.41, 5.74) is 1.39. The molecule has 21 heavy (non-hydrogen) atoms. The van der Waals surface area contributed by atoms with Crippen LogP contribution < -0.4 is 5.32 Å². The molecule has 0 spiro atoms. The van der Waals surface area contributed by atoms with Crippen molar-refractivity contribution in [2.75, 3.05) is 26.8 Å². The minimum atomic E-state index is 0.0213. The van der Waals surface area contributed by atoms with Gasteiger partial charge in [-0.2, -0.15) is 0 Å². The summed E-state index contributed by atoms with van der Waals surface area (Å²) in [6.45, 7) is 9.74. The third-order valence-corrected chi connectivity index (χ3v) is 4.70. The zero-order valence-corrected chi connectivity index (χ0v) is 13.9. The fourth-order valence-corrected chi connectivity index (χ4v) is 3.46. The number of ether oxygens (including phenoxy) is 1. The molecule has 1 N–H and O–H groups in total. The van der Waals surface area contributed by atoms with Crippen molar-refractivity contribution in [2.45, 2.75) is 51.2 Å². The Morgan fingerprint density at radius 1 is 1.38 bits per heavy atom. The van der Waals surface area contributed by atoms with Crippen LogP contribution in [0.4, 0.5) is 0 Å². The maximum absolute atomic E-state index is 5.40. The Labute approximate surface area is 129 Å². The number of nitrogens with zero attached hydrogens (tertiary/aromatic N) is 1. The van der Waals surface area contributed by atoms with Crippen LogP contribution in [0, 0.1) is 0 Å². The molecule has 0 amide bonds. The van der Waals surface area contributed by atoms with Crippen LogP contribution in [-0.4, -0.2) is 43.8 Å². The maximum Gasteiger partial charge on any atom is 0.0615 e. The SMILES string of the molecule is CCCC1CNC(C)(c2ccccc2)CN1C(C)COC. The van der Waals surface area contributed by atoms with E-state index in [1.165, 1.54) is 18.4 Å². The molecule has 3 atom stereocenters. The normalized spacial score (nSPS) is 28.5. The molecule has 0 aliphatic carbocycles. The Balaban J connectivity index is 2.18. The van der Waals surface area contributed by atoms with Crippen molar-refractivity contribution in [2.24, 2.45) is 0 Å². The van der Waals surface area contributed by atoms with Gasteiger partial charge in [-0.1, -0.05) is 43.7 Å². The number of hydrogen-bond donors (Lipinski definition) is 1. The van der Waals surface area contributed by atoms with Crippen molar-refractivity contribution in [3.63, 3.8) is 0 Å². The number of piperazine rings is 1. The van der Waals surface area contributed by atoms with Gasteiger partial charge in [0.05, 0.1) is 12.1 Å². The lowest BCUT2D eigenvalue weighted by Gasteiger charge is -2.49. The van der Waals surface area contributed by atoms with Crippen LogP contribution >= 0.6 is 0 Å². The van der Waals surface area contributed by atoms with E-state index in [1.807, 2.05) is 0 Å². The molecule has 1 heterocycles. The summed E-state index contributed by atoms with van der Waals surface area (Å²) in [6.07, 6.45) is 2.47. The Bertz CT molecular complexity index is 422. The molecule has 1 fully saturated rings. The van der Waals surface area contributed by atoms with Gasteiger partial charge in [0.1, 0.15) is 0 Å². The van der Waals surface area contributed by atoms with Crippen LogP contribution in [0.3, 0.4) is 0 Å². The van der Waals surface area contributed by atoms with E-state index in [2.05, 4.69) is 61.3 Å². The van der Waals surface area contributed by atoms with Crippen molar-refractivity contribution in [3.8, 4) is 0 Å². The predicted molar refractivity (Wildman–Crippen MR) is 88.5 cm³/mol. The molecule has 1 aromatic carbocycles. The number of nitrogens with one attached hydrogen (secondary N) is 1. The fourth-order valence-electron chi connectivity index (χ4n) is 3.46. The maximum atomic E-state index is 5.40. The zero-order valence-electron chi connectivity index (χ0n) is 13.9. The molecule has 0 bridgehead atoms. The summed E-state index contributed by atoms with van der Waals surface area (Å²) in [7, 11) is 1.80. The molecule has 118 valence electrons. The van der Waals surface area contributed by atoms with Crippen LogP contribution in [0.25, 0.3) is 0 Å². The van der Waals surface area contributed by atoms with Crippen LogP contribution in [0.5, 0.6) is 0 Å². The van der Waals surface area contributed by atoms with E-state index in [0.717, 1.165) is 19.7 Å². The highest BCUT2D eigenvalue weighted by molar-refractivity contribution is 5.25. The highest BCUT2D eigenvalue weighted by Gasteiger charge is 2.38. The lowest BCUT2D eigenvalue weighted by Crippen LogP contribution is -2.63. The molecule has 1 aromatic rings. The Kier molecular flexibility index (Phi) is 5.80. The number of methoxy groups -OCH3 is 1. The smallest absolute Gasteiger partial charge is 0.0615 e. The summed E-state index contributed by atoms with van der Waals surface area (Å²) in [5.74, 6) is 0. The van der Waals surface area contributed by atoms with Gasteiger partial charge in [-0.15, -0.1) is 0 Å². The van der Waals surface area contributed by atoms with Crippen LogP contribution in [-0.2, 0) is 10.3 Å². The first kappa shape index (κ1) is 16.5. The van der Waals surface area contributed by atoms with Gasteiger partial charge in [-0.3, -0.25) is 4.90 Å². The lowest BCUT2D eigenvalue weighted by atomic mass is 9.87. The molecule has 1 aliphatic rings. The Morgan fingerprint density at radius 2 is 2.10 bits per heavy atom. The molecule has 3 unspecified atom stereocenters. The molecule has 0 aromatic heterocycles. The standard InChI is InChI=1S/C18H30N2O/c1-5-9-17-12-19-18(3,16-10-7-6-8-11-16)14-20(17)15(2)13-21-4/h6-8,10-11,15,17,19H,5,9,12-14H2,1-4H3. The van der Waals surface area contributed by atoms with Gasteiger partial charge < -0.3 is 10.1 Å². The minimum absolute atomic E-state index is 0.0213. The van der Waals surface area contributed by atoms with Gasteiger partial charge in [0.2, 0.25) is 0 Å². The molecule has 0 saturated carbocycles. The Hall–Kier alpha value is -0.900. The first-order chi connectivity index (χ1) is 10.1. The molecule has 3 nitrogen and oxygen atoms in total. The summed E-state index contributed by atoms with van der Waals surface area (Å²) >= 11 is 0. The zero-order chi connectivity index (χ0) is 15.3. The summed E-state index contributed by atoms with van der Waals surface area (Å²) in [4.78, 5) is 2.64. The van der Waals surface area contributed by atoms with Crippen molar-refractivity contribution in [3.05, 3.63) is 35.9 Å². The predicted octanol–water partition coefficient (Wildman–Crippen LogP) is 3.01. The highest BCUT2D eigenvalue weighted by atomic mass is 16.5. The van der Waals surface area contributed by atoms with Crippen LogP contribution in [0.2, 0.25) is 0 Å². The summed E-state index contributed by atoms with van der Waals surface area (Å²) < 4.78 is 5.40. The van der Waals surface area contributed by atoms with Gasteiger partial charge in [-0.05, 0) is 25.8 Å². The third-order valence-electron chi connectivity index (χ3n) is 4.70. The average Bonchev–Trinajstić information content (AvgIpc) is 2.50. The monoisotopic (exact) mass is 290 g/mol.